The summed E-state index contributed by atoms with van der Waals surface area (Å²) < 4.78 is 0. The number of hydrogen-bond donors (Lipinski definition) is 1. The average molecular weight is 242 g/mol. The Morgan fingerprint density at radius 1 is 1.38 bits per heavy atom. The van der Waals surface area contributed by atoms with Crippen molar-refractivity contribution in [3.8, 4) is 0 Å². The number of nitrogens with zero attached hydrogens (tertiary/aromatic N) is 1. The molecule has 2 nitrogen and oxygen atoms in total. The first-order chi connectivity index (χ1) is 7.71. The van der Waals surface area contributed by atoms with Crippen molar-refractivity contribution in [3.63, 3.8) is 0 Å². The summed E-state index contributed by atoms with van der Waals surface area (Å²) in [5.74, 6) is 2.72. The van der Waals surface area contributed by atoms with E-state index < -0.39 is 0 Å². The summed E-state index contributed by atoms with van der Waals surface area (Å²) in [6, 6.07) is 1.56. The van der Waals surface area contributed by atoms with Gasteiger partial charge >= 0.3 is 0 Å². The highest BCUT2D eigenvalue weighted by atomic mass is 32.2. The van der Waals surface area contributed by atoms with Gasteiger partial charge in [-0.15, -0.1) is 0 Å². The number of hydrogen-bond acceptors (Lipinski definition) is 3. The summed E-state index contributed by atoms with van der Waals surface area (Å²) in [6.45, 7) is 9.46. The van der Waals surface area contributed by atoms with Gasteiger partial charge in [-0.1, -0.05) is 13.8 Å². The van der Waals surface area contributed by atoms with Crippen LogP contribution in [0.25, 0.3) is 0 Å². The van der Waals surface area contributed by atoms with E-state index in [1.54, 1.807) is 0 Å². The monoisotopic (exact) mass is 242 g/mol. The van der Waals surface area contributed by atoms with Crippen LogP contribution in [0.5, 0.6) is 0 Å². The Bertz CT molecular complexity index is 222. The minimum absolute atomic E-state index is 0.389. The fraction of sp³-hybridized carbons (Fsp3) is 1.00. The first-order valence-electron chi connectivity index (χ1n) is 6.79. The van der Waals surface area contributed by atoms with Gasteiger partial charge in [0.25, 0.3) is 0 Å². The van der Waals surface area contributed by atoms with Gasteiger partial charge in [-0.2, -0.15) is 11.8 Å². The summed E-state index contributed by atoms with van der Waals surface area (Å²) in [7, 11) is 0. The molecule has 2 heterocycles. The molecule has 0 aromatic carbocycles. The molecule has 0 aromatic rings. The summed E-state index contributed by atoms with van der Waals surface area (Å²) >= 11 is 2.13. The summed E-state index contributed by atoms with van der Waals surface area (Å²) in [6.07, 6.45) is 3.91. The van der Waals surface area contributed by atoms with Crippen molar-refractivity contribution in [1.82, 2.24) is 10.2 Å². The average Bonchev–Trinajstić information content (AvgIpc) is 2.84. The van der Waals surface area contributed by atoms with Gasteiger partial charge in [0.05, 0.1) is 0 Å². The SMILES string of the molecule is CCC1(CC)CN(C2CCSC2)C(C)CN1. The van der Waals surface area contributed by atoms with E-state index in [0.717, 1.165) is 12.1 Å². The first-order valence-corrected chi connectivity index (χ1v) is 7.95. The van der Waals surface area contributed by atoms with Crippen molar-refractivity contribution in [2.75, 3.05) is 24.6 Å². The van der Waals surface area contributed by atoms with Crippen LogP contribution in [0.1, 0.15) is 40.0 Å². The minimum atomic E-state index is 0.389. The van der Waals surface area contributed by atoms with Gasteiger partial charge in [0.15, 0.2) is 0 Å². The Hall–Kier alpha value is 0.270. The number of rotatable bonds is 3. The zero-order valence-corrected chi connectivity index (χ0v) is 11.8. The third-order valence-corrected chi connectivity index (χ3v) is 5.70. The molecule has 0 saturated carbocycles. The number of piperazine rings is 1. The zero-order valence-electron chi connectivity index (χ0n) is 11.0. The van der Waals surface area contributed by atoms with E-state index in [1.165, 1.54) is 43.9 Å². The molecule has 0 aromatic heterocycles. The minimum Gasteiger partial charge on any atom is -0.308 e. The van der Waals surface area contributed by atoms with Gasteiger partial charge in [-0.25, -0.2) is 0 Å². The maximum Gasteiger partial charge on any atom is 0.0304 e. The van der Waals surface area contributed by atoms with Gasteiger partial charge in [0.2, 0.25) is 0 Å². The second kappa shape index (κ2) is 5.28. The van der Waals surface area contributed by atoms with Gasteiger partial charge in [-0.3, -0.25) is 4.90 Å². The molecule has 2 aliphatic rings. The van der Waals surface area contributed by atoms with Crippen LogP contribution in [-0.4, -0.2) is 47.1 Å². The Morgan fingerprint density at radius 2 is 2.12 bits per heavy atom. The zero-order chi connectivity index (χ0) is 11.6. The molecule has 94 valence electrons. The topological polar surface area (TPSA) is 15.3 Å². The Kier molecular flexibility index (Phi) is 4.20. The standard InChI is InChI=1S/C13H26N2S/c1-4-13(5-2)10-15(11(3)8-14-13)12-6-7-16-9-12/h11-12,14H,4-10H2,1-3H3. The van der Waals surface area contributed by atoms with Crippen LogP contribution in [0, 0.1) is 0 Å². The molecule has 2 saturated heterocycles. The van der Waals surface area contributed by atoms with E-state index in [-0.39, 0.29) is 0 Å². The normalized spacial score (nSPS) is 35.4. The van der Waals surface area contributed by atoms with Crippen molar-refractivity contribution in [1.29, 1.82) is 0 Å². The molecule has 2 fully saturated rings. The van der Waals surface area contributed by atoms with Crippen molar-refractivity contribution in [3.05, 3.63) is 0 Å². The summed E-state index contributed by atoms with van der Waals surface area (Å²) in [4.78, 5) is 2.78. The van der Waals surface area contributed by atoms with Crippen LogP contribution < -0.4 is 5.32 Å². The Labute approximate surface area is 105 Å². The smallest absolute Gasteiger partial charge is 0.0304 e. The molecule has 0 bridgehead atoms. The van der Waals surface area contributed by atoms with Gasteiger partial charge < -0.3 is 5.32 Å². The molecule has 3 heteroatoms. The summed E-state index contributed by atoms with van der Waals surface area (Å²) in [5, 5.41) is 3.79. The molecule has 0 spiro atoms. The second-order valence-corrected chi connectivity index (χ2v) is 6.56. The Balaban J connectivity index is 2.04. The van der Waals surface area contributed by atoms with Crippen LogP contribution in [0.15, 0.2) is 0 Å². The molecular formula is C13H26N2S. The lowest BCUT2D eigenvalue weighted by Gasteiger charge is -2.48. The maximum absolute atomic E-state index is 3.79. The molecule has 0 amide bonds. The van der Waals surface area contributed by atoms with Gasteiger partial charge in [-0.05, 0) is 31.9 Å². The van der Waals surface area contributed by atoms with Crippen molar-refractivity contribution in [2.24, 2.45) is 0 Å². The molecule has 16 heavy (non-hydrogen) atoms. The molecule has 2 atom stereocenters. The largest absolute Gasteiger partial charge is 0.308 e. The van der Waals surface area contributed by atoms with Gasteiger partial charge in [0, 0.05) is 36.5 Å². The fourth-order valence-corrected chi connectivity index (χ4v) is 4.27. The van der Waals surface area contributed by atoms with E-state index in [2.05, 4.69) is 42.7 Å². The fourth-order valence-electron chi connectivity index (χ4n) is 3.04. The van der Waals surface area contributed by atoms with Crippen molar-refractivity contribution < 1.29 is 0 Å². The maximum atomic E-state index is 3.79. The molecule has 2 unspecified atom stereocenters. The quantitative estimate of drug-likeness (QED) is 0.818. The highest BCUT2D eigenvalue weighted by Gasteiger charge is 2.38. The molecule has 2 rings (SSSR count). The lowest BCUT2D eigenvalue weighted by molar-refractivity contribution is 0.0526. The Morgan fingerprint density at radius 3 is 2.69 bits per heavy atom. The van der Waals surface area contributed by atoms with Crippen LogP contribution in [-0.2, 0) is 0 Å². The number of nitrogens with one attached hydrogen (secondary N) is 1. The van der Waals surface area contributed by atoms with Crippen LogP contribution in [0.2, 0.25) is 0 Å². The van der Waals surface area contributed by atoms with Crippen LogP contribution in [0.4, 0.5) is 0 Å². The lowest BCUT2D eigenvalue weighted by atomic mass is 9.88. The third kappa shape index (κ3) is 2.41. The molecule has 0 aliphatic carbocycles. The van der Waals surface area contributed by atoms with E-state index >= 15 is 0 Å². The first kappa shape index (κ1) is 12.7. The molecular weight excluding hydrogens is 216 g/mol. The lowest BCUT2D eigenvalue weighted by Crippen LogP contribution is -2.65. The van der Waals surface area contributed by atoms with E-state index in [4.69, 9.17) is 0 Å². The predicted octanol–water partition coefficient (Wildman–Crippen LogP) is 2.34. The predicted molar refractivity (Wildman–Crippen MR) is 73.2 cm³/mol. The van der Waals surface area contributed by atoms with Crippen LogP contribution >= 0.6 is 11.8 Å². The van der Waals surface area contributed by atoms with E-state index in [0.29, 0.717) is 5.54 Å². The number of thioether (sulfide) groups is 1. The van der Waals surface area contributed by atoms with Crippen molar-refractivity contribution in [2.45, 2.75) is 57.7 Å². The third-order valence-electron chi connectivity index (χ3n) is 4.55. The van der Waals surface area contributed by atoms with Gasteiger partial charge in [0.1, 0.15) is 0 Å². The van der Waals surface area contributed by atoms with Crippen molar-refractivity contribution >= 4 is 11.8 Å². The van der Waals surface area contributed by atoms with E-state index in [1.807, 2.05) is 0 Å². The molecule has 2 aliphatic heterocycles. The highest BCUT2D eigenvalue weighted by Crippen LogP contribution is 2.29. The van der Waals surface area contributed by atoms with Crippen LogP contribution in [0.3, 0.4) is 0 Å². The molecule has 0 radical (unpaired) electrons. The summed E-state index contributed by atoms with van der Waals surface area (Å²) in [5.41, 5.74) is 0.389. The highest BCUT2D eigenvalue weighted by molar-refractivity contribution is 7.99. The van der Waals surface area contributed by atoms with E-state index in [9.17, 15) is 0 Å². The second-order valence-electron chi connectivity index (χ2n) is 5.41. The molecule has 1 N–H and O–H groups in total.